The van der Waals surface area contributed by atoms with E-state index in [1.807, 2.05) is 12.1 Å². The minimum absolute atomic E-state index is 0.469. The van der Waals surface area contributed by atoms with Crippen molar-refractivity contribution in [1.82, 2.24) is 0 Å². The normalized spacial score (nSPS) is 9.42. The summed E-state index contributed by atoms with van der Waals surface area (Å²) in [6.07, 6.45) is 0. The summed E-state index contributed by atoms with van der Waals surface area (Å²) in [7, 11) is 0. The molecule has 0 radical (unpaired) electrons. The maximum atomic E-state index is 10.4. The van der Waals surface area contributed by atoms with Gasteiger partial charge in [0.15, 0.2) is 0 Å². The number of hydrogen-bond acceptors (Lipinski definition) is 1. The number of rotatable bonds is 2. The first kappa shape index (κ1) is 8.87. The molecule has 0 unspecified atom stereocenters. The number of primary amides is 1. The Morgan fingerprint density at radius 3 is 2.42 bits per heavy atom. The van der Waals surface area contributed by atoms with E-state index in [4.69, 9.17) is 17.3 Å². The van der Waals surface area contributed by atoms with Crippen LogP contribution in [0.15, 0.2) is 24.3 Å². The molecular formula is C8H9ClN2O. The fraction of sp³-hybridized carbons (Fsp3) is 0.125. The largest absolute Gasteiger partial charge is 0.351 e. The maximum absolute atomic E-state index is 10.4. The third-order valence-corrected chi connectivity index (χ3v) is 1.68. The second-order valence-corrected chi connectivity index (χ2v) is 2.59. The van der Waals surface area contributed by atoms with E-state index in [0.717, 1.165) is 5.56 Å². The molecule has 1 aromatic rings. The molecule has 0 fully saturated rings. The first-order valence-corrected chi connectivity index (χ1v) is 3.97. The van der Waals surface area contributed by atoms with Crippen LogP contribution >= 0.6 is 11.6 Å². The Morgan fingerprint density at radius 2 is 2.00 bits per heavy atom. The van der Waals surface area contributed by atoms with Crippen LogP contribution in [0.3, 0.4) is 0 Å². The molecular weight excluding hydrogens is 176 g/mol. The summed E-state index contributed by atoms with van der Waals surface area (Å²) in [6, 6.07) is 6.61. The van der Waals surface area contributed by atoms with Crippen LogP contribution in [-0.2, 0) is 5.88 Å². The van der Waals surface area contributed by atoms with Gasteiger partial charge in [0.2, 0.25) is 0 Å². The molecule has 0 atom stereocenters. The van der Waals surface area contributed by atoms with Gasteiger partial charge in [0, 0.05) is 11.6 Å². The standard InChI is InChI=1S/C8H9ClN2O/c9-5-6-1-3-7(4-2-6)11-8(10)12/h1-4H,5H2,(H3,10,11,12). The van der Waals surface area contributed by atoms with Gasteiger partial charge in [-0.15, -0.1) is 11.6 Å². The molecule has 0 aliphatic rings. The molecule has 3 nitrogen and oxygen atoms in total. The molecule has 2 amide bonds. The molecule has 0 spiro atoms. The number of carbonyl (C=O) groups is 1. The lowest BCUT2D eigenvalue weighted by Gasteiger charge is -2.01. The summed E-state index contributed by atoms with van der Waals surface area (Å²) in [6.45, 7) is 0. The first-order valence-electron chi connectivity index (χ1n) is 3.43. The number of anilines is 1. The van der Waals surface area contributed by atoms with Crippen molar-refractivity contribution < 1.29 is 4.79 Å². The van der Waals surface area contributed by atoms with E-state index in [2.05, 4.69) is 5.32 Å². The van der Waals surface area contributed by atoms with Gasteiger partial charge in [0.1, 0.15) is 0 Å². The van der Waals surface area contributed by atoms with Gasteiger partial charge in [-0.1, -0.05) is 12.1 Å². The summed E-state index contributed by atoms with van der Waals surface area (Å²) in [5.74, 6) is 0.469. The van der Waals surface area contributed by atoms with E-state index in [1.54, 1.807) is 12.1 Å². The lowest BCUT2D eigenvalue weighted by atomic mass is 10.2. The molecule has 3 N–H and O–H groups in total. The number of hydrogen-bond donors (Lipinski definition) is 2. The number of alkyl halides is 1. The molecule has 0 saturated carbocycles. The Hall–Kier alpha value is -1.22. The van der Waals surface area contributed by atoms with Gasteiger partial charge in [0.25, 0.3) is 0 Å². The monoisotopic (exact) mass is 184 g/mol. The number of halogens is 1. The summed E-state index contributed by atoms with van der Waals surface area (Å²) >= 11 is 5.57. The number of amides is 2. The summed E-state index contributed by atoms with van der Waals surface area (Å²) < 4.78 is 0. The average Bonchev–Trinajstić information content (AvgIpc) is 2.05. The predicted molar refractivity (Wildman–Crippen MR) is 49.2 cm³/mol. The Morgan fingerprint density at radius 1 is 1.42 bits per heavy atom. The molecule has 12 heavy (non-hydrogen) atoms. The van der Waals surface area contributed by atoms with Crippen LogP contribution in [0.1, 0.15) is 5.56 Å². The Bertz CT molecular complexity index is 271. The molecule has 1 rings (SSSR count). The molecule has 0 bridgehead atoms. The van der Waals surface area contributed by atoms with Crippen LogP contribution < -0.4 is 11.1 Å². The molecule has 0 heterocycles. The number of nitrogens with two attached hydrogens (primary N) is 1. The van der Waals surface area contributed by atoms with Crippen molar-refractivity contribution in [2.45, 2.75) is 5.88 Å². The first-order chi connectivity index (χ1) is 5.72. The molecule has 0 saturated heterocycles. The van der Waals surface area contributed by atoms with Crippen molar-refractivity contribution in [3.63, 3.8) is 0 Å². The highest BCUT2D eigenvalue weighted by atomic mass is 35.5. The van der Waals surface area contributed by atoms with Gasteiger partial charge >= 0.3 is 6.03 Å². The van der Waals surface area contributed by atoms with Gasteiger partial charge in [-0.2, -0.15) is 0 Å². The summed E-state index contributed by atoms with van der Waals surface area (Å²) in [5.41, 5.74) is 6.60. The molecule has 64 valence electrons. The van der Waals surface area contributed by atoms with E-state index in [1.165, 1.54) is 0 Å². The van der Waals surface area contributed by atoms with Crippen LogP contribution in [0, 0.1) is 0 Å². The number of carbonyl (C=O) groups excluding carboxylic acids is 1. The summed E-state index contributed by atoms with van der Waals surface area (Å²) in [5, 5.41) is 2.45. The second-order valence-electron chi connectivity index (χ2n) is 2.32. The highest BCUT2D eigenvalue weighted by Gasteiger charge is 1.94. The van der Waals surface area contributed by atoms with E-state index in [0.29, 0.717) is 11.6 Å². The van der Waals surface area contributed by atoms with E-state index >= 15 is 0 Å². The van der Waals surface area contributed by atoms with E-state index in [9.17, 15) is 4.79 Å². The topological polar surface area (TPSA) is 55.1 Å². The molecule has 1 aromatic carbocycles. The zero-order valence-electron chi connectivity index (χ0n) is 6.38. The Labute approximate surface area is 75.5 Å². The zero-order chi connectivity index (χ0) is 8.97. The van der Waals surface area contributed by atoms with Crippen molar-refractivity contribution in [2.24, 2.45) is 5.73 Å². The van der Waals surface area contributed by atoms with Crippen LogP contribution in [0.25, 0.3) is 0 Å². The van der Waals surface area contributed by atoms with Crippen molar-refractivity contribution in [3.05, 3.63) is 29.8 Å². The number of urea groups is 1. The molecule has 0 aliphatic carbocycles. The summed E-state index contributed by atoms with van der Waals surface area (Å²) in [4.78, 5) is 10.4. The smallest absolute Gasteiger partial charge is 0.316 e. The molecule has 4 heteroatoms. The van der Waals surface area contributed by atoms with Crippen molar-refractivity contribution >= 4 is 23.3 Å². The average molecular weight is 185 g/mol. The maximum Gasteiger partial charge on any atom is 0.316 e. The predicted octanol–water partition coefficient (Wildman–Crippen LogP) is 1.92. The van der Waals surface area contributed by atoms with Crippen molar-refractivity contribution in [2.75, 3.05) is 5.32 Å². The second kappa shape index (κ2) is 3.97. The van der Waals surface area contributed by atoms with Crippen LogP contribution in [-0.4, -0.2) is 6.03 Å². The van der Waals surface area contributed by atoms with Gasteiger partial charge in [0.05, 0.1) is 0 Å². The van der Waals surface area contributed by atoms with Gasteiger partial charge in [-0.05, 0) is 17.7 Å². The third kappa shape index (κ3) is 2.43. The van der Waals surface area contributed by atoms with Crippen molar-refractivity contribution in [3.8, 4) is 0 Å². The Kier molecular flexibility index (Phi) is 2.94. The van der Waals surface area contributed by atoms with Gasteiger partial charge in [-0.3, -0.25) is 0 Å². The number of nitrogens with one attached hydrogen (secondary N) is 1. The van der Waals surface area contributed by atoms with Crippen LogP contribution in [0.5, 0.6) is 0 Å². The lowest BCUT2D eigenvalue weighted by Crippen LogP contribution is -2.19. The van der Waals surface area contributed by atoms with E-state index < -0.39 is 6.03 Å². The fourth-order valence-corrected chi connectivity index (χ4v) is 0.998. The minimum Gasteiger partial charge on any atom is -0.351 e. The van der Waals surface area contributed by atoms with Crippen LogP contribution in [0.4, 0.5) is 10.5 Å². The van der Waals surface area contributed by atoms with Gasteiger partial charge < -0.3 is 11.1 Å². The van der Waals surface area contributed by atoms with E-state index in [-0.39, 0.29) is 0 Å². The quantitative estimate of drug-likeness (QED) is 0.678. The fourth-order valence-electron chi connectivity index (χ4n) is 0.819. The molecule has 0 aliphatic heterocycles. The molecule has 0 aromatic heterocycles. The lowest BCUT2D eigenvalue weighted by molar-refractivity contribution is 0.259. The highest BCUT2D eigenvalue weighted by Crippen LogP contribution is 2.10. The van der Waals surface area contributed by atoms with Crippen LogP contribution in [0.2, 0.25) is 0 Å². The number of benzene rings is 1. The third-order valence-electron chi connectivity index (χ3n) is 1.38. The SMILES string of the molecule is NC(=O)Nc1ccc(CCl)cc1. The minimum atomic E-state index is -0.561. The highest BCUT2D eigenvalue weighted by molar-refractivity contribution is 6.17. The Balaban J connectivity index is 2.71. The van der Waals surface area contributed by atoms with Crippen molar-refractivity contribution in [1.29, 1.82) is 0 Å². The zero-order valence-corrected chi connectivity index (χ0v) is 7.14. The van der Waals surface area contributed by atoms with Gasteiger partial charge in [-0.25, -0.2) is 4.79 Å².